The van der Waals surface area contributed by atoms with Crippen molar-refractivity contribution in [3.8, 4) is 0 Å². The van der Waals surface area contributed by atoms with Crippen LogP contribution in [-0.4, -0.2) is 26.3 Å². The van der Waals surface area contributed by atoms with Gasteiger partial charge in [-0.1, -0.05) is 42.1 Å². The van der Waals surface area contributed by atoms with E-state index >= 15 is 0 Å². The molecule has 0 aliphatic heterocycles. The largest absolute Gasteiger partial charge is 0.244 e. The fraction of sp³-hybridized carbons (Fsp3) is 0.333. The summed E-state index contributed by atoms with van der Waals surface area (Å²) >= 11 is 6.15. The van der Waals surface area contributed by atoms with Crippen LogP contribution in [0.5, 0.6) is 0 Å². The summed E-state index contributed by atoms with van der Waals surface area (Å²) < 4.78 is 1.80. The predicted molar refractivity (Wildman–Crippen MR) is 74.8 cm³/mol. The number of hydrogen-bond donors (Lipinski definition) is 1. The topological polar surface area (TPSA) is 30.7 Å². The number of hydrogen-bond acceptors (Lipinski definition) is 4. The van der Waals surface area contributed by atoms with Gasteiger partial charge in [-0.05, 0) is 11.3 Å². The zero-order valence-corrected chi connectivity index (χ0v) is 11.4. The molecule has 1 aromatic heterocycles. The van der Waals surface area contributed by atoms with Crippen molar-refractivity contribution in [1.29, 1.82) is 0 Å². The molecule has 0 aliphatic carbocycles. The highest BCUT2D eigenvalue weighted by molar-refractivity contribution is 7.99. The van der Waals surface area contributed by atoms with E-state index in [0.717, 1.165) is 16.7 Å². The fourth-order valence-corrected chi connectivity index (χ4v) is 3.10. The number of thioether (sulfide) groups is 1. The van der Waals surface area contributed by atoms with Gasteiger partial charge >= 0.3 is 0 Å². The lowest BCUT2D eigenvalue weighted by molar-refractivity contribution is 0.684. The monoisotopic (exact) mass is 265 g/mol. The quantitative estimate of drug-likeness (QED) is 0.666. The Balaban J connectivity index is 1.99. The Hall–Kier alpha value is -0.940. The number of benzene rings is 1. The van der Waals surface area contributed by atoms with Gasteiger partial charge in [0.05, 0.1) is 0 Å². The van der Waals surface area contributed by atoms with E-state index in [4.69, 9.17) is 0 Å². The van der Waals surface area contributed by atoms with Crippen molar-refractivity contribution in [2.45, 2.75) is 11.1 Å². The Morgan fingerprint density at radius 2 is 2.12 bits per heavy atom. The molecule has 1 atom stereocenters. The van der Waals surface area contributed by atoms with Crippen LogP contribution < -0.4 is 0 Å². The van der Waals surface area contributed by atoms with Crippen LogP contribution >= 0.6 is 24.4 Å². The van der Waals surface area contributed by atoms with Gasteiger partial charge in [0, 0.05) is 18.7 Å². The minimum atomic E-state index is 0.446. The third-order valence-corrected chi connectivity index (χ3v) is 4.21. The summed E-state index contributed by atoms with van der Waals surface area (Å²) in [5.74, 6) is 2.26. The molecule has 17 heavy (non-hydrogen) atoms. The second-order valence-corrected chi connectivity index (χ2v) is 5.12. The van der Waals surface area contributed by atoms with Gasteiger partial charge in [-0.15, -0.1) is 0 Å². The van der Waals surface area contributed by atoms with Crippen LogP contribution in [-0.2, 0) is 7.05 Å². The molecule has 1 unspecified atom stereocenters. The Labute approximate surface area is 111 Å². The van der Waals surface area contributed by atoms with Crippen molar-refractivity contribution in [3.05, 3.63) is 42.2 Å². The van der Waals surface area contributed by atoms with Gasteiger partial charge in [0.25, 0.3) is 0 Å². The molecule has 2 aromatic rings. The average molecular weight is 265 g/mol. The van der Waals surface area contributed by atoms with E-state index < -0.39 is 0 Å². The summed E-state index contributed by atoms with van der Waals surface area (Å²) in [6.07, 6.45) is 1.58. The lowest BCUT2D eigenvalue weighted by atomic mass is 10.0. The molecule has 5 heteroatoms. The van der Waals surface area contributed by atoms with Crippen LogP contribution in [0.15, 0.2) is 41.8 Å². The maximum absolute atomic E-state index is 4.43. The molecule has 0 N–H and O–H groups in total. The van der Waals surface area contributed by atoms with Crippen molar-refractivity contribution in [1.82, 2.24) is 14.8 Å². The van der Waals surface area contributed by atoms with E-state index in [9.17, 15) is 0 Å². The van der Waals surface area contributed by atoms with Crippen molar-refractivity contribution in [3.63, 3.8) is 0 Å². The minimum Gasteiger partial charge on any atom is -0.244 e. The van der Waals surface area contributed by atoms with Gasteiger partial charge in [0.1, 0.15) is 6.33 Å². The fourth-order valence-electron chi connectivity index (χ4n) is 1.57. The second-order valence-electron chi connectivity index (χ2n) is 3.77. The summed E-state index contributed by atoms with van der Waals surface area (Å²) in [5.41, 5.74) is 1.33. The summed E-state index contributed by atoms with van der Waals surface area (Å²) in [4.78, 5) is 4.21. The maximum atomic E-state index is 4.43. The standard InChI is InChI=1S/C12H15N3S2/c1-15-12(13-9-14-15)17-8-11(7-16)10-5-3-2-4-6-10/h2-6,9,11,16H,7-8H2,1H3. The summed E-state index contributed by atoms with van der Waals surface area (Å²) in [7, 11) is 1.91. The minimum absolute atomic E-state index is 0.446. The first-order valence-corrected chi connectivity index (χ1v) is 7.05. The van der Waals surface area contributed by atoms with Crippen LogP contribution in [0.1, 0.15) is 11.5 Å². The Kier molecular flexibility index (Phi) is 4.50. The molecule has 0 radical (unpaired) electrons. The first kappa shape index (κ1) is 12.5. The van der Waals surface area contributed by atoms with Crippen LogP contribution in [0.2, 0.25) is 0 Å². The number of aromatic nitrogens is 3. The third kappa shape index (κ3) is 3.26. The second kappa shape index (κ2) is 6.12. The Morgan fingerprint density at radius 1 is 1.35 bits per heavy atom. The molecule has 1 heterocycles. The zero-order valence-electron chi connectivity index (χ0n) is 9.65. The molecule has 0 saturated heterocycles. The van der Waals surface area contributed by atoms with Gasteiger partial charge < -0.3 is 0 Å². The maximum Gasteiger partial charge on any atom is 0.185 e. The molecule has 0 bridgehead atoms. The molecule has 0 fully saturated rings. The van der Waals surface area contributed by atoms with Crippen molar-refractivity contribution >= 4 is 24.4 Å². The highest BCUT2D eigenvalue weighted by Crippen LogP contribution is 2.25. The number of rotatable bonds is 5. The van der Waals surface area contributed by atoms with Crippen LogP contribution in [0.25, 0.3) is 0 Å². The van der Waals surface area contributed by atoms with Gasteiger partial charge in [0.2, 0.25) is 0 Å². The molecular formula is C12H15N3S2. The van der Waals surface area contributed by atoms with Crippen molar-refractivity contribution in [2.75, 3.05) is 11.5 Å². The van der Waals surface area contributed by atoms with E-state index in [1.54, 1.807) is 22.8 Å². The van der Waals surface area contributed by atoms with Crippen LogP contribution in [0.3, 0.4) is 0 Å². The van der Waals surface area contributed by atoms with E-state index in [1.165, 1.54) is 5.56 Å². The van der Waals surface area contributed by atoms with Gasteiger partial charge in [-0.25, -0.2) is 9.67 Å². The number of thiol groups is 1. The average Bonchev–Trinajstić information content (AvgIpc) is 2.77. The van der Waals surface area contributed by atoms with E-state index in [-0.39, 0.29) is 0 Å². The van der Waals surface area contributed by atoms with Gasteiger partial charge in [0.15, 0.2) is 5.16 Å². The van der Waals surface area contributed by atoms with Crippen molar-refractivity contribution in [2.24, 2.45) is 7.05 Å². The van der Waals surface area contributed by atoms with E-state index in [2.05, 4.69) is 47.0 Å². The molecule has 1 aromatic carbocycles. The number of nitrogens with zero attached hydrogens (tertiary/aromatic N) is 3. The number of aryl methyl sites for hydroxylation is 1. The smallest absolute Gasteiger partial charge is 0.185 e. The van der Waals surface area contributed by atoms with Crippen LogP contribution in [0, 0.1) is 0 Å². The summed E-state index contributed by atoms with van der Waals surface area (Å²) in [6.45, 7) is 0. The Bertz CT molecular complexity index is 456. The van der Waals surface area contributed by atoms with Crippen LogP contribution in [0.4, 0.5) is 0 Å². The van der Waals surface area contributed by atoms with E-state index in [1.807, 2.05) is 13.1 Å². The highest BCUT2D eigenvalue weighted by Gasteiger charge is 2.11. The summed E-state index contributed by atoms with van der Waals surface area (Å²) in [5, 5.41) is 5.01. The summed E-state index contributed by atoms with van der Waals surface area (Å²) in [6, 6.07) is 10.5. The molecule has 90 valence electrons. The third-order valence-electron chi connectivity index (χ3n) is 2.57. The lowest BCUT2D eigenvalue weighted by Crippen LogP contribution is -2.05. The molecule has 0 amide bonds. The highest BCUT2D eigenvalue weighted by atomic mass is 32.2. The zero-order chi connectivity index (χ0) is 12.1. The van der Waals surface area contributed by atoms with Gasteiger partial charge in [-0.3, -0.25) is 0 Å². The molecule has 0 saturated carbocycles. The first-order valence-electron chi connectivity index (χ1n) is 5.44. The molecule has 0 spiro atoms. The van der Waals surface area contributed by atoms with E-state index in [0.29, 0.717) is 5.92 Å². The lowest BCUT2D eigenvalue weighted by Gasteiger charge is -2.13. The Morgan fingerprint density at radius 3 is 2.71 bits per heavy atom. The molecular weight excluding hydrogens is 250 g/mol. The molecule has 3 nitrogen and oxygen atoms in total. The van der Waals surface area contributed by atoms with Crippen molar-refractivity contribution < 1.29 is 0 Å². The van der Waals surface area contributed by atoms with Gasteiger partial charge in [-0.2, -0.15) is 17.7 Å². The SMILES string of the molecule is Cn1ncnc1SCC(CS)c1ccccc1. The normalized spacial score (nSPS) is 12.6. The molecule has 2 rings (SSSR count). The first-order chi connectivity index (χ1) is 8.31. The molecule has 0 aliphatic rings. The predicted octanol–water partition coefficient (Wildman–Crippen LogP) is 2.62.